The lowest BCUT2D eigenvalue weighted by atomic mass is 10.1. The van der Waals surface area contributed by atoms with Crippen LogP contribution in [0.5, 0.6) is 5.75 Å². The molecule has 0 saturated carbocycles. The van der Waals surface area contributed by atoms with Crippen LogP contribution in [0.25, 0.3) is 5.57 Å². The second-order valence-electron chi connectivity index (χ2n) is 4.82. The molecule has 0 saturated heterocycles. The Morgan fingerprint density at radius 1 is 1.05 bits per heavy atom. The summed E-state index contributed by atoms with van der Waals surface area (Å²) in [5, 5.41) is 18.6. The minimum absolute atomic E-state index is 0.224. The van der Waals surface area contributed by atoms with Crippen molar-refractivity contribution in [2.45, 2.75) is 0 Å². The lowest BCUT2D eigenvalue weighted by Crippen LogP contribution is -2.25. The number of aliphatic hydroxyl groups is 1. The number of nitrogens with one attached hydrogen (secondary N) is 1. The Balaban J connectivity index is 1.91. The van der Waals surface area contributed by atoms with Gasteiger partial charge in [-0.25, -0.2) is 0 Å². The third kappa shape index (κ3) is 2.36. The summed E-state index contributed by atoms with van der Waals surface area (Å²) in [6, 6.07) is 17.0. The molecule has 0 spiro atoms. The van der Waals surface area contributed by atoms with Gasteiger partial charge in [-0.3, -0.25) is 5.41 Å². The monoisotopic (exact) mass is 280 g/mol. The Labute approximate surface area is 123 Å². The van der Waals surface area contributed by atoms with Crippen LogP contribution in [0.15, 0.2) is 60.4 Å². The molecule has 0 amide bonds. The normalized spacial score (nSPS) is 14.7. The van der Waals surface area contributed by atoms with E-state index in [1.807, 2.05) is 54.6 Å². The molecule has 2 aromatic rings. The number of amidine groups is 1. The van der Waals surface area contributed by atoms with Crippen LogP contribution >= 0.6 is 0 Å². The van der Waals surface area contributed by atoms with Crippen molar-refractivity contribution in [3.8, 4) is 5.75 Å². The molecule has 4 nitrogen and oxygen atoms in total. The molecule has 21 heavy (non-hydrogen) atoms. The average Bonchev–Trinajstić information content (AvgIpc) is 2.83. The van der Waals surface area contributed by atoms with Gasteiger partial charge in [0.25, 0.3) is 0 Å². The Morgan fingerprint density at radius 3 is 2.33 bits per heavy atom. The molecule has 0 radical (unpaired) electrons. The van der Waals surface area contributed by atoms with Crippen molar-refractivity contribution < 1.29 is 9.84 Å². The number of hydrogen-bond donors (Lipinski definition) is 2. The molecule has 1 aliphatic rings. The first-order chi connectivity index (χ1) is 10.2. The van der Waals surface area contributed by atoms with Gasteiger partial charge < -0.3 is 14.7 Å². The van der Waals surface area contributed by atoms with E-state index < -0.39 is 0 Å². The van der Waals surface area contributed by atoms with Gasteiger partial charge in [0.05, 0.1) is 19.2 Å². The Hall–Kier alpha value is -2.75. The SMILES string of the molecule is COc1ccc(N2CC(O)=C(c3ccccc3)C2=N)cc1. The molecule has 1 aliphatic heterocycles. The third-order valence-electron chi connectivity index (χ3n) is 3.55. The third-order valence-corrected chi connectivity index (χ3v) is 3.55. The zero-order valence-corrected chi connectivity index (χ0v) is 11.7. The van der Waals surface area contributed by atoms with Crippen LogP contribution < -0.4 is 9.64 Å². The maximum atomic E-state index is 10.2. The van der Waals surface area contributed by atoms with Crippen molar-refractivity contribution in [2.24, 2.45) is 0 Å². The summed E-state index contributed by atoms with van der Waals surface area (Å²) in [5.41, 5.74) is 2.31. The van der Waals surface area contributed by atoms with Gasteiger partial charge in [-0.1, -0.05) is 30.3 Å². The molecule has 106 valence electrons. The minimum atomic E-state index is 0.224. The van der Waals surface area contributed by atoms with Crippen molar-refractivity contribution in [1.82, 2.24) is 0 Å². The van der Waals surface area contributed by atoms with Crippen LogP contribution in [0.4, 0.5) is 5.69 Å². The first-order valence-corrected chi connectivity index (χ1v) is 6.69. The molecule has 0 aromatic heterocycles. The Bertz CT molecular complexity index is 690. The van der Waals surface area contributed by atoms with Gasteiger partial charge in [-0.05, 0) is 29.8 Å². The maximum absolute atomic E-state index is 10.2. The highest BCUT2D eigenvalue weighted by Gasteiger charge is 2.29. The fourth-order valence-corrected chi connectivity index (χ4v) is 2.47. The van der Waals surface area contributed by atoms with Crippen molar-refractivity contribution in [1.29, 1.82) is 5.41 Å². The average molecular weight is 280 g/mol. The quantitative estimate of drug-likeness (QED) is 0.905. The molecular weight excluding hydrogens is 264 g/mol. The number of benzene rings is 2. The van der Waals surface area contributed by atoms with Gasteiger partial charge in [0, 0.05) is 5.69 Å². The minimum Gasteiger partial charge on any atom is -0.510 e. The van der Waals surface area contributed by atoms with E-state index in [4.69, 9.17) is 10.1 Å². The zero-order valence-electron chi connectivity index (χ0n) is 11.7. The van der Waals surface area contributed by atoms with Gasteiger partial charge in [0.15, 0.2) is 0 Å². The van der Waals surface area contributed by atoms with Gasteiger partial charge in [0.2, 0.25) is 0 Å². The predicted octanol–water partition coefficient (Wildman–Crippen LogP) is 3.46. The topological polar surface area (TPSA) is 56.6 Å². The number of rotatable bonds is 3. The van der Waals surface area contributed by atoms with Gasteiger partial charge >= 0.3 is 0 Å². The molecule has 2 N–H and O–H groups in total. The van der Waals surface area contributed by atoms with Crippen LogP contribution in [0.2, 0.25) is 0 Å². The fraction of sp³-hybridized carbons (Fsp3) is 0.118. The summed E-state index contributed by atoms with van der Waals surface area (Å²) in [6.07, 6.45) is 0. The predicted molar refractivity (Wildman–Crippen MR) is 84.1 cm³/mol. The standard InChI is InChI=1S/C17H16N2O2/c1-21-14-9-7-13(8-10-14)19-11-15(20)16(17(19)18)12-5-3-2-4-6-12/h2-10,18,20H,11H2,1H3. The van der Waals surface area contributed by atoms with E-state index in [1.54, 1.807) is 12.0 Å². The lowest BCUT2D eigenvalue weighted by Gasteiger charge is -2.19. The fourth-order valence-electron chi connectivity index (χ4n) is 2.47. The number of methoxy groups -OCH3 is 1. The number of nitrogens with zero attached hydrogens (tertiary/aromatic N) is 1. The van der Waals surface area contributed by atoms with Crippen molar-refractivity contribution in [3.05, 3.63) is 65.9 Å². The lowest BCUT2D eigenvalue weighted by molar-refractivity contribution is 0.411. The summed E-state index contributed by atoms with van der Waals surface area (Å²) in [4.78, 5) is 1.77. The van der Waals surface area contributed by atoms with Crippen molar-refractivity contribution in [2.75, 3.05) is 18.6 Å². The highest BCUT2D eigenvalue weighted by molar-refractivity contribution is 6.30. The Morgan fingerprint density at radius 2 is 1.71 bits per heavy atom. The summed E-state index contributed by atoms with van der Waals surface area (Å²) in [5.74, 6) is 1.30. The zero-order chi connectivity index (χ0) is 14.8. The van der Waals surface area contributed by atoms with Crippen LogP contribution in [0.3, 0.4) is 0 Å². The molecule has 0 aliphatic carbocycles. The van der Waals surface area contributed by atoms with E-state index in [9.17, 15) is 5.11 Å². The molecule has 2 aromatic carbocycles. The van der Waals surface area contributed by atoms with E-state index in [-0.39, 0.29) is 5.76 Å². The second-order valence-corrected chi connectivity index (χ2v) is 4.82. The first kappa shape index (κ1) is 13.2. The summed E-state index contributed by atoms with van der Waals surface area (Å²) in [7, 11) is 1.62. The molecule has 0 bridgehead atoms. The van der Waals surface area contributed by atoms with Crippen molar-refractivity contribution in [3.63, 3.8) is 0 Å². The molecule has 0 atom stereocenters. The van der Waals surface area contributed by atoms with E-state index in [0.717, 1.165) is 17.0 Å². The number of hydrogen-bond acceptors (Lipinski definition) is 3. The molecule has 3 rings (SSSR count). The van der Waals surface area contributed by atoms with Crippen LogP contribution in [-0.2, 0) is 0 Å². The number of aliphatic hydroxyl groups excluding tert-OH is 1. The molecule has 0 unspecified atom stereocenters. The van der Waals surface area contributed by atoms with Crippen LogP contribution in [-0.4, -0.2) is 24.6 Å². The van der Waals surface area contributed by atoms with Gasteiger partial charge in [-0.15, -0.1) is 0 Å². The van der Waals surface area contributed by atoms with E-state index >= 15 is 0 Å². The largest absolute Gasteiger partial charge is 0.510 e. The summed E-state index contributed by atoms with van der Waals surface area (Å²) in [6.45, 7) is 0.315. The van der Waals surface area contributed by atoms with E-state index in [0.29, 0.717) is 18.0 Å². The maximum Gasteiger partial charge on any atom is 0.137 e. The second kappa shape index (κ2) is 5.32. The number of anilines is 1. The molecular formula is C17H16N2O2. The highest BCUT2D eigenvalue weighted by Crippen LogP contribution is 2.31. The highest BCUT2D eigenvalue weighted by atomic mass is 16.5. The smallest absolute Gasteiger partial charge is 0.137 e. The summed E-state index contributed by atoms with van der Waals surface area (Å²) < 4.78 is 5.14. The number of ether oxygens (including phenoxy) is 1. The van der Waals surface area contributed by atoms with Crippen LogP contribution in [0, 0.1) is 5.41 Å². The van der Waals surface area contributed by atoms with Crippen LogP contribution in [0.1, 0.15) is 5.56 Å². The van der Waals surface area contributed by atoms with Crippen molar-refractivity contribution >= 4 is 17.1 Å². The van der Waals surface area contributed by atoms with Gasteiger partial charge in [0.1, 0.15) is 17.3 Å². The Kier molecular flexibility index (Phi) is 3.36. The molecule has 0 fully saturated rings. The molecule has 4 heteroatoms. The van der Waals surface area contributed by atoms with E-state index in [1.165, 1.54) is 0 Å². The first-order valence-electron chi connectivity index (χ1n) is 6.69. The van der Waals surface area contributed by atoms with E-state index in [2.05, 4.69) is 0 Å². The molecule has 1 heterocycles. The summed E-state index contributed by atoms with van der Waals surface area (Å²) >= 11 is 0. The van der Waals surface area contributed by atoms with Gasteiger partial charge in [-0.2, -0.15) is 0 Å².